The Labute approximate surface area is 211 Å². The number of nitriles is 1. The molecule has 1 fully saturated rings. The second-order valence-electron chi connectivity index (χ2n) is 8.90. The molecule has 8 nitrogen and oxygen atoms in total. The zero-order valence-corrected chi connectivity index (χ0v) is 21.1. The molecular weight excluding hydrogens is 538 g/mol. The molecule has 1 aliphatic rings. The monoisotopic (exact) mass is 561 g/mol. The number of rotatable bonds is 10. The van der Waals surface area contributed by atoms with Gasteiger partial charge in [0.15, 0.2) is 19.7 Å². The number of halogens is 4. The van der Waals surface area contributed by atoms with Gasteiger partial charge in [0.2, 0.25) is 5.91 Å². The van der Waals surface area contributed by atoms with E-state index in [4.69, 9.17) is 0 Å². The summed E-state index contributed by atoms with van der Waals surface area (Å²) in [6, 6.07) is 5.67. The number of alkyl halides is 3. The van der Waals surface area contributed by atoms with Gasteiger partial charge in [-0.1, -0.05) is 24.3 Å². The highest BCUT2D eigenvalue weighted by Gasteiger charge is 2.48. The van der Waals surface area contributed by atoms with Crippen LogP contribution in [0.25, 0.3) is 0 Å². The zero-order chi connectivity index (χ0) is 27.6. The van der Waals surface area contributed by atoms with E-state index < -0.39 is 72.3 Å². The molecule has 1 amide bonds. The van der Waals surface area contributed by atoms with Crippen molar-refractivity contribution in [2.45, 2.75) is 47.3 Å². The maximum absolute atomic E-state index is 13.9. The number of nitrogens with one attached hydrogen (secondary N) is 2. The summed E-state index contributed by atoms with van der Waals surface area (Å²) in [6.07, 6.45) is -3.47. The first-order chi connectivity index (χ1) is 17.0. The second kappa shape index (κ2) is 10.4. The standard InChI is InChI=1S/C23H23F4N3O5S2/c1-36(32,33)18-8-2-15(3-9-18)12-37(34,35)13-19(21(31)30-22(14-28)10-11-22)29-20(23(25,26)27)16-4-6-17(24)7-5-16/h2-9,19-20,29H,10-13H2,1H3,(H,30,31)/t19-,20-/m0/s1. The van der Waals surface area contributed by atoms with Crippen molar-refractivity contribution in [1.82, 2.24) is 10.6 Å². The van der Waals surface area contributed by atoms with Crippen LogP contribution in [-0.4, -0.2) is 52.5 Å². The number of benzene rings is 2. The molecule has 0 aliphatic heterocycles. The lowest BCUT2D eigenvalue weighted by Crippen LogP contribution is -2.54. The van der Waals surface area contributed by atoms with E-state index in [0.717, 1.165) is 30.5 Å². The SMILES string of the molecule is CS(=O)(=O)c1ccc(CS(=O)(=O)C[C@H](N[C@@H](c2ccc(F)cc2)C(F)(F)F)C(=O)NC2(C#N)CC2)cc1. The van der Waals surface area contributed by atoms with Crippen LogP contribution in [-0.2, 0) is 30.2 Å². The van der Waals surface area contributed by atoms with Crippen LogP contribution in [0.15, 0.2) is 53.4 Å². The average Bonchev–Trinajstić information content (AvgIpc) is 3.56. The van der Waals surface area contributed by atoms with Gasteiger partial charge >= 0.3 is 6.18 Å². The van der Waals surface area contributed by atoms with Gasteiger partial charge in [0.05, 0.1) is 22.5 Å². The van der Waals surface area contributed by atoms with Gasteiger partial charge in [-0.15, -0.1) is 0 Å². The third-order valence-corrected chi connectivity index (χ3v) is 8.44. The Morgan fingerprint density at radius 2 is 1.62 bits per heavy atom. The van der Waals surface area contributed by atoms with Crippen molar-refractivity contribution in [3.63, 3.8) is 0 Å². The Kier molecular flexibility index (Phi) is 8.02. The number of nitrogens with zero attached hydrogens (tertiary/aromatic N) is 1. The predicted molar refractivity (Wildman–Crippen MR) is 125 cm³/mol. The average molecular weight is 562 g/mol. The Balaban J connectivity index is 1.88. The van der Waals surface area contributed by atoms with Crippen LogP contribution in [0.4, 0.5) is 17.6 Å². The maximum atomic E-state index is 13.9. The topological polar surface area (TPSA) is 133 Å². The van der Waals surface area contributed by atoms with Crippen molar-refractivity contribution in [2.75, 3.05) is 12.0 Å². The minimum atomic E-state index is -4.98. The molecule has 2 atom stereocenters. The molecule has 37 heavy (non-hydrogen) atoms. The Morgan fingerprint density at radius 3 is 2.08 bits per heavy atom. The van der Waals surface area contributed by atoms with Crippen LogP contribution in [0.2, 0.25) is 0 Å². The molecule has 0 saturated heterocycles. The van der Waals surface area contributed by atoms with Crippen molar-refractivity contribution in [2.24, 2.45) is 0 Å². The maximum Gasteiger partial charge on any atom is 0.407 e. The van der Waals surface area contributed by atoms with Gasteiger partial charge in [-0.2, -0.15) is 18.4 Å². The highest BCUT2D eigenvalue weighted by molar-refractivity contribution is 7.91. The van der Waals surface area contributed by atoms with Crippen molar-refractivity contribution in [1.29, 1.82) is 5.26 Å². The molecule has 0 heterocycles. The molecule has 14 heteroatoms. The normalized spacial score (nSPS) is 16.9. The second-order valence-corrected chi connectivity index (χ2v) is 13.0. The zero-order valence-electron chi connectivity index (χ0n) is 19.4. The van der Waals surface area contributed by atoms with E-state index in [2.05, 4.69) is 5.32 Å². The molecule has 3 rings (SSSR count). The van der Waals surface area contributed by atoms with Crippen molar-refractivity contribution in [3.8, 4) is 6.07 Å². The van der Waals surface area contributed by atoms with Gasteiger partial charge < -0.3 is 5.32 Å². The fourth-order valence-corrected chi connectivity index (χ4v) is 5.75. The molecule has 0 aromatic heterocycles. The summed E-state index contributed by atoms with van der Waals surface area (Å²) in [5.41, 5.74) is -1.55. The molecule has 2 N–H and O–H groups in total. The summed E-state index contributed by atoms with van der Waals surface area (Å²) >= 11 is 0. The minimum absolute atomic E-state index is 0.0499. The lowest BCUT2D eigenvalue weighted by molar-refractivity contribution is -0.160. The minimum Gasteiger partial charge on any atom is -0.336 e. The lowest BCUT2D eigenvalue weighted by Gasteiger charge is -2.28. The van der Waals surface area contributed by atoms with Crippen LogP contribution in [0.1, 0.15) is 30.0 Å². The van der Waals surface area contributed by atoms with Crippen LogP contribution < -0.4 is 10.6 Å². The molecule has 0 spiro atoms. The highest BCUT2D eigenvalue weighted by Crippen LogP contribution is 2.36. The molecule has 200 valence electrons. The van der Waals surface area contributed by atoms with E-state index in [1.54, 1.807) is 0 Å². The smallest absolute Gasteiger partial charge is 0.336 e. The third-order valence-electron chi connectivity index (χ3n) is 5.70. The quantitative estimate of drug-likeness (QED) is 0.426. The number of amides is 1. The Hall–Kier alpha value is -3.02. The first-order valence-electron chi connectivity index (χ1n) is 10.8. The van der Waals surface area contributed by atoms with Gasteiger partial charge in [0.1, 0.15) is 23.4 Å². The van der Waals surface area contributed by atoms with Gasteiger partial charge in [0, 0.05) is 6.26 Å². The van der Waals surface area contributed by atoms with Gasteiger partial charge in [0.25, 0.3) is 0 Å². The lowest BCUT2D eigenvalue weighted by atomic mass is 10.0. The van der Waals surface area contributed by atoms with Crippen LogP contribution >= 0.6 is 0 Å². The summed E-state index contributed by atoms with van der Waals surface area (Å²) in [6.45, 7) is 0. The number of carbonyl (C=O) groups is 1. The third kappa shape index (κ3) is 7.73. The van der Waals surface area contributed by atoms with Crippen LogP contribution in [0.5, 0.6) is 0 Å². The van der Waals surface area contributed by atoms with E-state index >= 15 is 0 Å². The van der Waals surface area contributed by atoms with Crippen LogP contribution in [0, 0.1) is 17.1 Å². The van der Waals surface area contributed by atoms with Gasteiger partial charge in [-0.3, -0.25) is 10.1 Å². The van der Waals surface area contributed by atoms with Gasteiger partial charge in [-0.05, 0) is 48.2 Å². The molecule has 0 unspecified atom stereocenters. The fraction of sp³-hybridized carbons (Fsp3) is 0.391. The Morgan fingerprint density at radius 1 is 1.05 bits per heavy atom. The summed E-state index contributed by atoms with van der Waals surface area (Å²) in [7, 11) is -7.77. The van der Waals surface area contributed by atoms with E-state index in [9.17, 15) is 44.5 Å². The molecule has 0 bridgehead atoms. The van der Waals surface area contributed by atoms with Crippen molar-refractivity contribution < 1.29 is 39.2 Å². The number of sulfone groups is 2. The molecule has 2 aromatic carbocycles. The molecule has 1 aliphatic carbocycles. The number of carbonyl (C=O) groups excluding carboxylic acids is 1. The van der Waals surface area contributed by atoms with Gasteiger partial charge in [-0.25, -0.2) is 21.2 Å². The molecule has 2 aromatic rings. The van der Waals surface area contributed by atoms with E-state index in [1.807, 2.05) is 11.4 Å². The fourth-order valence-electron chi connectivity index (χ4n) is 3.55. The summed E-state index contributed by atoms with van der Waals surface area (Å²) in [5.74, 6) is -3.62. The van der Waals surface area contributed by atoms with E-state index in [-0.39, 0.29) is 23.3 Å². The van der Waals surface area contributed by atoms with Crippen molar-refractivity contribution >= 4 is 25.6 Å². The number of hydrogen-bond donors (Lipinski definition) is 2. The van der Waals surface area contributed by atoms with E-state index in [1.165, 1.54) is 24.3 Å². The largest absolute Gasteiger partial charge is 0.407 e. The summed E-state index contributed by atoms with van der Waals surface area (Å²) in [5, 5.41) is 13.6. The van der Waals surface area contributed by atoms with Crippen LogP contribution in [0.3, 0.4) is 0 Å². The first-order valence-corrected chi connectivity index (χ1v) is 14.6. The summed E-state index contributed by atoms with van der Waals surface area (Å²) < 4.78 is 104. The molecular formula is C23H23F4N3O5S2. The Bertz CT molecular complexity index is 1400. The summed E-state index contributed by atoms with van der Waals surface area (Å²) in [4.78, 5) is 12.9. The first kappa shape index (κ1) is 28.5. The number of hydrogen-bond acceptors (Lipinski definition) is 7. The molecule has 1 saturated carbocycles. The molecule has 0 radical (unpaired) electrons. The van der Waals surface area contributed by atoms with E-state index in [0.29, 0.717) is 0 Å². The highest BCUT2D eigenvalue weighted by atomic mass is 32.2. The van der Waals surface area contributed by atoms with Crippen molar-refractivity contribution in [3.05, 3.63) is 65.5 Å². The predicted octanol–water partition coefficient (Wildman–Crippen LogP) is 2.58.